The van der Waals surface area contributed by atoms with Gasteiger partial charge >= 0.3 is 0 Å². The zero-order chi connectivity index (χ0) is 22.9. The van der Waals surface area contributed by atoms with Gasteiger partial charge in [-0.05, 0) is 74.1 Å². The fourth-order valence-electron chi connectivity index (χ4n) is 5.81. The van der Waals surface area contributed by atoms with Gasteiger partial charge in [0.15, 0.2) is 0 Å². The Kier molecular flexibility index (Phi) is 3.69. The number of fused-ring (bicyclic) bond motifs is 7. The smallest absolute Gasteiger partial charge is 0.0822 e. The van der Waals surface area contributed by atoms with Gasteiger partial charge in [0.25, 0.3) is 0 Å². The summed E-state index contributed by atoms with van der Waals surface area (Å²) in [6, 6.07) is 41.6. The van der Waals surface area contributed by atoms with Gasteiger partial charge in [0.1, 0.15) is 0 Å². The zero-order valence-corrected chi connectivity index (χ0v) is 18.9. The Labute approximate surface area is 202 Å². The van der Waals surface area contributed by atoms with Crippen LogP contribution in [-0.2, 0) is 0 Å². The molecule has 1 aliphatic heterocycles. The molecule has 0 aliphatic carbocycles. The maximum absolute atomic E-state index is 4.96. The maximum atomic E-state index is 4.96. The average Bonchev–Trinajstić information content (AvgIpc) is 2.93. The fourth-order valence-corrected chi connectivity index (χ4v) is 5.81. The first-order valence-electron chi connectivity index (χ1n) is 12.0. The van der Waals surface area contributed by atoms with Crippen LogP contribution in [-0.4, -0.2) is 4.98 Å². The van der Waals surface area contributed by atoms with E-state index in [2.05, 4.69) is 120 Å². The van der Waals surface area contributed by atoms with Gasteiger partial charge in [-0.15, -0.1) is 0 Å². The summed E-state index contributed by atoms with van der Waals surface area (Å²) >= 11 is 0. The van der Waals surface area contributed by atoms with Gasteiger partial charge in [-0.1, -0.05) is 78.9 Å². The average molecular weight is 445 g/mol. The number of hydrogen-bond acceptors (Lipinski definition) is 2. The van der Waals surface area contributed by atoms with Crippen molar-refractivity contribution in [3.05, 3.63) is 121 Å². The monoisotopic (exact) mass is 444 g/mol. The number of pyridine rings is 1. The van der Waals surface area contributed by atoms with Crippen LogP contribution in [0.5, 0.6) is 0 Å². The second-order valence-corrected chi connectivity index (χ2v) is 9.25. The molecule has 0 unspecified atom stereocenters. The van der Waals surface area contributed by atoms with E-state index in [1.165, 1.54) is 60.0 Å². The number of anilines is 3. The molecule has 0 saturated heterocycles. The summed E-state index contributed by atoms with van der Waals surface area (Å²) in [4.78, 5) is 7.37. The Morgan fingerprint density at radius 1 is 0.486 bits per heavy atom. The van der Waals surface area contributed by atoms with Crippen molar-refractivity contribution in [3.8, 4) is 11.3 Å². The molecule has 0 amide bonds. The number of para-hydroxylation sites is 1. The first kappa shape index (κ1) is 18.7. The first-order valence-corrected chi connectivity index (χ1v) is 12.0. The molecule has 35 heavy (non-hydrogen) atoms. The van der Waals surface area contributed by atoms with E-state index in [0.717, 1.165) is 11.4 Å². The van der Waals surface area contributed by atoms with Gasteiger partial charge in [-0.3, -0.25) is 4.98 Å². The van der Waals surface area contributed by atoms with E-state index in [0.29, 0.717) is 0 Å². The molecule has 0 bridgehead atoms. The van der Waals surface area contributed by atoms with E-state index in [4.69, 9.17) is 4.98 Å². The van der Waals surface area contributed by atoms with Crippen molar-refractivity contribution >= 4 is 60.2 Å². The van der Waals surface area contributed by atoms with Gasteiger partial charge in [0.2, 0.25) is 0 Å². The summed E-state index contributed by atoms with van der Waals surface area (Å²) in [6.07, 6.45) is 1.97. The van der Waals surface area contributed by atoms with Crippen LogP contribution in [0.15, 0.2) is 121 Å². The third kappa shape index (κ3) is 2.57. The van der Waals surface area contributed by atoms with Crippen LogP contribution in [0, 0.1) is 0 Å². The zero-order valence-electron chi connectivity index (χ0n) is 18.9. The third-order valence-electron chi connectivity index (χ3n) is 7.36. The highest BCUT2D eigenvalue weighted by atomic mass is 15.2. The van der Waals surface area contributed by atoms with Crippen molar-refractivity contribution < 1.29 is 0 Å². The number of aromatic nitrogens is 1. The highest BCUT2D eigenvalue weighted by Crippen LogP contribution is 2.53. The Hall–Kier alpha value is -4.69. The quantitative estimate of drug-likeness (QED) is 0.235. The summed E-state index contributed by atoms with van der Waals surface area (Å²) in [5.74, 6) is 0. The molecule has 7 aromatic rings. The maximum Gasteiger partial charge on any atom is 0.0822 e. The minimum Gasteiger partial charge on any atom is -0.309 e. The van der Waals surface area contributed by atoms with Crippen molar-refractivity contribution in [2.45, 2.75) is 0 Å². The summed E-state index contributed by atoms with van der Waals surface area (Å²) in [5.41, 5.74) is 5.73. The fraction of sp³-hybridized carbons (Fsp3) is 0. The molecular weight excluding hydrogens is 424 g/mol. The van der Waals surface area contributed by atoms with Gasteiger partial charge in [-0.2, -0.15) is 0 Å². The molecule has 8 rings (SSSR count). The van der Waals surface area contributed by atoms with Crippen LogP contribution in [0.25, 0.3) is 54.3 Å². The van der Waals surface area contributed by atoms with Crippen LogP contribution >= 0.6 is 0 Å². The summed E-state index contributed by atoms with van der Waals surface area (Å²) in [7, 11) is 0. The van der Waals surface area contributed by atoms with Crippen LogP contribution < -0.4 is 4.90 Å². The molecule has 162 valence electrons. The van der Waals surface area contributed by atoms with Crippen molar-refractivity contribution in [2.75, 3.05) is 4.90 Å². The van der Waals surface area contributed by atoms with Crippen LogP contribution in [0.1, 0.15) is 0 Å². The molecule has 0 atom stereocenters. The van der Waals surface area contributed by atoms with Crippen LogP contribution in [0.3, 0.4) is 0 Å². The molecule has 2 nitrogen and oxygen atoms in total. The molecule has 0 fully saturated rings. The molecule has 2 heterocycles. The molecular formula is C33H20N2. The highest BCUT2D eigenvalue weighted by molar-refractivity contribution is 6.26. The summed E-state index contributed by atoms with van der Waals surface area (Å²) < 4.78 is 0. The lowest BCUT2D eigenvalue weighted by molar-refractivity contribution is 1.26. The number of hydrogen-bond donors (Lipinski definition) is 0. The molecule has 1 aliphatic rings. The standard InChI is InChI=1S/C33H20N2/c1-2-11-24(12-3-1)35-30-19-23-10-5-4-9-22(23)18-29(30)33-32-27(16-17-34-33)26-15-14-21-8-6-7-13-25(21)28(26)20-31(32)35/h1-20H. The number of rotatable bonds is 1. The minimum atomic E-state index is 1.06. The molecule has 6 aromatic carbocycles. The van der Waals surface area contributed by atoms with Crippen LogP contribution in [0.2, 0.25) is 0 Å². The van der Waals surface area contributed by atoms with Gasteiger partial charge < -0.3 is 4.90 Å². The van der Waals surface area contributed by atoms with Gasteiger partial charge in [-0.25, -0.2) is 0 Å². The van der Waals surface area contributed by atoms with Crippen molar-refractivity contribution in [3.63, 3.8) is 0 Å². The highest BCUT2D eigenvalue weighted by Gasteiger charge is 2.28. The Morgan fingerprint density at radius 2 is 1.23 bits per heavy atom. The molecule has 0 radical (unpaired) electrons. The lowest BCUT2D eigenvalue weighted by Gasteiger charge is -2.34. The third-order valence-corrected chi connectivity index (χ3v) is 7.36. The number of nitrogens with zero attached hydrogens (tertiary/aromatic N) is 2. The normalized spacial score (nSPS) is 12.5. The van der Waals surface area contributed by atoms with E-state index in [-0.39, 0.29) is 0 Å². The van der Waals surface area contributed by atoms with E-state index >= 15 is 0 Å². The second-order valence-electron chi connectivity index (χ2n) is 9.25. The molecule has 0 N–H and O–H groups in total. The van der Waals surface area contributed by atoms with Crippen LogP contribution in [0.4, 0.5) is 17.1 Å². The number of benzene rings is 6. The second kappa shape index (κ2) is 6.91. The molecule has 1 aromatic heterocycles. The Bertz CT molecular complexity index is 1950. The predicted octanol–water partition coefficient (Wildman–Crippen LogP) is 9.14. The largest absolute Gasteiger partial charge is 0.309 e. The Morgan fingerprint density at radius 3 is 2.09 bits per heavy atom. The first-order chi connectivity index (χ1) is 17.4. The van der Waals surface area contributed by atoms with E-state index in [1.54, 1.807) is 0 Å². The van der Waals surface area contributed by atoms with Crippen molar-refractivity contribution in [2.24, 2.45) is 0 Å². The van der Waals surface area contributed by atoms with E-state index in [9.17, 15) is 0 Å². The SMILES string of the molecule is c1ccc(N2c3cc4ccccc4cc3-c3nccc4c3c2cc2c3ccccc3ccc42)cc1. The molecule has 0 spiro atoms. The minimum absolute atomic E-state index is 1.06. The Balaban J connectivity index is 1.60. The van der Waals surface area contributed by atoms with Crippen molar-refractivity contribution in [1.82, 2.24) is 4.98 Å². The van der Waals surface area contributed by atoms with Crippen molar-refractivity contribution in [1.29, 1.82) is 0 Å². The predicted molar refractivity (Wildman–Crippen MR) is 148 cm³/mol. The van der Waals surface area contributed by atoms with E-state index in [1.807, 2.05) is 6.20 Å². The van der Waals surface area contributed by atoms with Gasteiger partial charge in [0.05, 0.1) is 17.1 Å². The lowest BCUT2D eigenvalue weighted by Crippen LogP contribution is -2.15. The summed E-state index contributed by atoms with van der Waals surface area (Å²) in [6.45, 7) is 0. The summed E-state index contributed by atoms with van der Waals surface area (Å²) in [5, 5.41) is 9.99. The topological polar surface area (TPSA) is 16.1 Å². The van der Waals surface area contributed by atoms with Gasteiger partial charge in [0, 0.05) is 22.8 Å². The van der Waals surface area contributed by atoms with E-state index < -0.39 is 0 Å². The lowest BCUT2D eigenvalue weighted by atomic mass is 9.89. The molecule has 2 heteroatoms. The molecule has 0 saturated carbocycles.